The number of hydrogen-bond donors (Lipinski definition) is 0. The van der Waals surface area contributed by atoms with E-state index in [2.05, 4.69) is 6.92 Å². The first-order valence-corrected chi connectivity index (χ1v) is 14.8. The zero-order chi connectivity index (χ0) is 29.5. The van der Waals surface area contributed by atoms with Gasteiger partial charge in [-0.1, -0.05) is 70.7 Å². The summed E-state index contributed by atoms with van der Waals surface area (Å²) in [5.41, 5.74) is 1.29. The monoisotopic (exact) mass is 568 g/mol. The third-order valence-corrected chi connectivity index (χ3v) is 7.79. The van der Waals surface area contributed by atoms with E-state index in [0.717, 1.165) is 32.1 Å². The molecule has 2 fully saturated rings. The maximum absolute atomic E-state index is 14.0. The molecule has 7 nitrogen and oxygen atoms in total. The Morgan fingerprint density at radius 1 is 0.927 bits per heavy atom. The zero-order valence-corrected chi connectivity index (χ0v) is 24.4. The number of hydrazine groups is 1. The van der Waals surface area contributed by atoms with Gasteiger partial charge in [-0.15, -0.1) is 0 Å². The van der Waals surface area contributed by atoms with E-state index in [1.54, 1.807) is 44.1 Å². The quantitative estimate of drug-likeness (QED) is 0.318. The van der Waals surface area contributed by atoms with Gasteiger partial charge in [0, 0.05) is 19.5 Å². The lowest BCUT2D eigenvalue weighted by atomic mass is 9.96. The highest BCUT2D eigenvalue weighted by Gasteiger charge is 2.51. The van der Waals surface area contributed by atoms with Crippen molar-refractivity contribution < 1.29 is 23.2 Å². The molecule has 222 valence electrons. The van der Waals surface area contributed by atoms with Gasteiger partial charge in [-0.2, -0.15) is 0 Å². The highest BCUT2D eigenvalue weighted by atomic mass is 19.1. The molecule has 2 saturated heterocycles. The Labute approximate surface area is 242 Å². The molecule has 2 atom stereocenters. The number of carbonyl (C=O) groups is 3. The van der Waals surface area contributed by atoms with Gasteiger partial charge in [0.05, 0.1) is 13.1 Å². The van der Waals surface area contributed by atoms with Gasteiger partial charge in [0.15, 0.2) is 0 Å². The number of unbranched alkanes of at least 4 members (excludes halogenated alkanes) is 4. The fourth-order valence-electron chi connectivity index (χ4n) is 5.91. The fourth-order valence-corrected chi connectivity index (χ4v) is 5.91. The molecule has 0 unspecified atom stereocenters. The molecule has 0 radical (unpaired) electrons. The number of benzene rings is 2. The van der Waals surface area contributed by atoms with Crippen LogP contribution in [0.1, 0.15) is 76.8 Å². The van der Waals surface area contributed by atoms with Crippen LogP contribution in [0.2, 0.25) is 0 Å². The van der Waals surface area contributed by atoms with E-state index in [0.29, 0.717) is 24.0 Å². The predicted octanol–water partition coefficient (Wildman–Crippen LogP) is 5.50. The minimum Gasteiger partial charge on any atom is -0.333 e. The van der Waals surface area contributed by atoms with Crippen molar-refractivity contribution in [2.45, 2.75) is 91.0 Å². The Bertz CT molecular complexity index is 1220. The standard InChI is InChI=1S/C32H42F2N4O3/c1-4-5-6-7-8-15-30(39)38-29-21-35(19-24-11-9-13-26(33)17-24)32(41)28(16-23(2)3)37(29)31(40)22-36(38)20-25-12-10-14-27(34)18-25/h9-14,17-18,23,28-29H,4-8,15-16,19-22H2,1-3H3/t28-,29-/m0/s1. The Hall–Kier alpha value is -3.33. The molecule has 2 aliphatic heterocycles. The van der Waals surface area contributed by atoms with Crippen LogP contribution in [0.25, 0.3) is 0 Å². The Kier molecular flexibility index (Phi) is 10.5. The molecule has 2 aromatic carbocycles. The van der Waals surface area contributed by atoms with Gasteiger partial charge in [-0.25, -0.2) is 18.8 Å². The zero-order valence-electron chi connectivity index (χ0n) is 24.4. The molecular weight excluding hydrogens is 526 g/mol. The number of piperazine rings is 1. The van der Waals surface area contributed by atoms with Crippen LogP contribution in [-0.2, 0) is 27.5 Å². The van der Waals surface area contributed by atoms with Crippen molar-refractivity contribution in [2.24, 2.45) is 5.92 Å². The molecule has 41 heavy (non-hydrogen) atoms. The van der Waals surface area contributed by atoms with Crippen molar-refractivity contribution in [1.29, 1.82) is 0 Å². The molecule has 0 aromatic heterocycles. The van der Waals surface area contributed by atoms with E-state index in [4.69, 9.17) is 0 Å². The summed E-state index contributed by atoms with van der Waals surface area (Å²) < 4.78 is 28.0. The topological polar surface area (TPSA) is 64.2 Å². The first-order valence-electron chi connectivity index (χ1n) is 14.8. The number of amides is 3. The summed E-state index contributed by atoms with van der Waals surface area (Å²) in [5, 5.41) is 3.35. The molecule has 0 N–H and O–H groups in total. The van der Waals surface area contributed by atoms with Crippen LogP contribution in [0, 0.1) is 17.6 Å². The number of fused-ring (bicyclic) bond motifs is 1. The van der Waals surface area contributed by atoms with E-state index in [1.165, 1.54) is 24.3 Å². The highest BCUT2D eigenvalue weighted by Crippen LogP contribution is 2.31. The predicted molar refractivity (Wildman–Crippen MR) is 153 cm³/mol. The van der Waals surface area contributed by atoms with Crippen LogP contribution in [0.15, 0.2) is 48.5 Å². The largest absolute Gasteiger partial charge is 0.333 e. The summed E-state index contributed by atoms with van der Waals surface area (Å²) in [7, 11) is 0. The lowest BCUT2D eigenvalue weighted by molar-refractivity contribution is -0.209. The number of nitrogens with zero attached hydrogens (tertiary/aromatic N) is 4. The normalized spacial score (nSPS) is 19.7. The van der Waals surface area contributed by atoms with Gasteiger partial charge < -0.3 is 9.80 Å². The van der Waals surface area contributed by atoms with Crippen LogP contribution in [0.4, 0.5) is 8.78 Å². The van der Waals surface area contributed by atoms with Gasteiger partial charge in [0.25, 0.3) is 0 Å². The van der Waals surface area contributed by atoms with Crippen molar-refractivity contribution in [3.05, 3.63) is 71.3 Å². The number of hydrogen-bond acceptors (Lipinski definition) is 4. The van der Waals surface area contributed by atoms with Crippen LogP contribution in [0.3, 0.4) is 0 Å². The Morgan fingerprint density at radius 2 is 1.56 bits per heavy atom. The molecule has 2 heterocycles. The average Bonchev–Trinajstić information content (AvgIpc) is 2.90. The molecule has 0 spiro atoms. The minimum atomic E-state index is -0.731. The molecule has 2 aromatic rings. The SMILES string of the molecule is CCCCCCCC(=O)N1[C@H]2CN(Cc3cccc(F)c3)C(=O)[C@H](CC(C)C)N2C(=O)CN1Cc1cccc(F)c1. The van der Waals surface area contributed by atoms with E-state index in [9.17, 15) is 23.2 Å². The maximum Gasteiger partial charge on any atom is 0.245 e. The average molecular weight is 569 g/mol. The van der Waals surface area contributed by atoms with Gasteiger partial charge in [-0.3, -0.25) is 14.4 Å². The molecule has 4 rings (SSSR count). The van der Waals surface area contributed by atoms with Gasteiger partial charge >= 0.3 is 0 Å². The van der Waals surface area contributed by atoms with Gasteiger partial charge in [0.1, 0.15) is 23.8 Å². The van der Waals surface area contributed by atoms with Crippen LogP contribution >= 0.6 is 0 Å². The molecule has 0 aliphatic carbocycles. The second-order valence-corrected chi connectivity index (χ2v) is 11.6. The van der Waals surface area contributed by atoms with Crippen LogP contribution in [-0.4, -0.2) is 62.8 Å². The first kappa shape index (κ1) is 30.6. The molecule has 0 bridgehead atoms. The van der Waals surface area contributed by atoms with E-state index in [1.807, 2.05) is 13.8 Å². The molecule has 3 amide bonds. The smallest absolute Gasteiger partial charge is 0.245 e. The van der Waals surface area contributed by atoms with Crippen molar-refractivity contribution in [3.63, 3.8) is 0 Å². The summed E-state index contributed by atoms with van der Waals surface area (Å²) in [5.74, 6) is -1.20. The fraction of sp³-hybridized carbons (Fsp3) is 0.531. The minimum absolute atomic E-state index is 0.0830. The van der Waals surface area contributed by atoms with E-state index in [-0.39, 0.29) is 61.5 Å². The highest BCUT2D eigenvalue weighted by molar-refractivity contribution is 5.91. The van der Waals surface area contributed by atoms with Crippen molar-refractivity contribution in [1.82, 2.24) is 19.8 Å². The maximum atomic E-state index is 14.0. The Balaban J connectivity index is 1.67. The van der Waals surface area contributed by atoms with Gasteiger partial charge in [0.2, 0.25) is 17.7 Å². The van der Waals surface area contributed by atoms with Crippen LogP contribution in [0.5, 0.6) is 0 Å². The first-order chi connectivity index (χ1) is 19.7. The van der Waals surface area contributed by atoms with Gasteiger partial charge in [-0.05, 0) is 54.2 Å². The number of rotatable bonds is 12. The summed E-state index contributed by atoms with van der Waals surface area (Å²) in [4.78, 5) is 44.6. The van der Waals surface area contributed by atoms with Crippen molar-refractivity contribution in [2.75, 3.05) is 13.1 Å². The third kappa shape index (κ3) is 7.70. The summed E-state index contributed by atoms with van der Waals surface area (Å²) in [6, 6.07) is 11.6. The van der Waals surface area contributed by atoms with Crippen molar-refractivity contribution >= 4 is 17.7 Å². The summed E-state index contributed by atoms with van der Waals surface area (Å²) in [6.45, 7) is 6.52. The Morgan fingerprint density at radius 3 is 2.17 bits per heavy atom. The molecule has 0 saturated carbocycles. The van der Waals surface area contributed by atoms with Crippen molar-refractivity contribution in [3.8, 4) is 0 Å². The third-order valence-electron chi connectivity index (χ3n) is 7.79. The van der Waals surface area contributed by atoms with E-state index >= 15 is 0 Å². The molecule has 2 aliphatic rings. The second-order valence-electron chi connectivity index (χ2n) is 11.6. The summed E-state index contributed by atoms with van der Waals surface area (Å²) >= 11 is 0. The molecular formula is C32H42F2N4O3. The van der Waals surface area contributed by atoms with Crippen LogP contribution < -0.4 is 0 Å². The lowest BCUT2D eigenvalue weighted by Gasteiger charge is -2.55. The van der Waals surface area contributed by atoms with E-state index < -0.39 is 12.2 Å². The number of carbonyl (C=O) groups excluding carboxylic acids is 3. The molecule has 9 heteroatoms. The lowest BCUT2D eigenvalue weighted by Crippen LogP contribution is -2.75. The summed E-state index contributed by atoms with van der Waals surface area (Å²) in [6.07, 6.45) is 4.99. The number of halogens is 2. The second kappa shape index (κ2) is 14.0.